The van der Waals surface area contributed by atoms with Gasteiger partial charge in [0.1, 0.15) is 17.3 Å². The Bertz CT molecular complexity index is 1860. The van der Waals surface area contributed by atoms with Crippen LogP contribution in [0.25, 0.3) is 22.7 Å². The highest BCUT2D eigenvalue weighted by Gasteiger charge is 2.41. The Balaban J connectivity index is 1.18. The Morgan fingerprint density at radius 1 is 0.977 bits per heavy atom. The van der Waals surface area contributed by atoms with E-state index in [1.54, 1.807) is 18.2 Å². The number of halogens is 1. The predicted octanol–water partition coefficient (Wildman–Crippen LogP) is 5.12. The fraction of sp³-hybridized carbons (Fsp3) is 0.250. The second-order valence-electron chi connectivity index (χ2n) is 11.0. The fourth-order valence-electron chi connectivity index (χ4n) is 5.26. The van der Waals surface area contributed by atoms with Gasteiger partial charge in [-0.15, -0.1) is 0 Å². The van der Waals surface area contributed by atoms with Gasteiger partial charge < -0.3 is 18.7 Å². The molecule has 2 aliphatic rings. The Hall–Kier alpha value is -5.19. The number of amides is 1. The average Bonchev–Trinajstić information content (AvgIpc) is 3.59. The summed E-state index contributed by atoms with van der Waals surface area (Å²) in [4.78, 5) is 31.4. The van der Waals surface area contributed by atoms with E-state index in [0.717, 1.165) is 42.1 Å². The van der Waals surface area contributed by atoms with E-state index in [-0.39, 0.29) is 23.9 Å². The van der Waals surface area contributed by atoms with E-state index in [1.165, 1.54) is 10.6 Å². The van der Waals surface area contributed by atoms with Crippen LogP contribution in [0.3, 0.4) is 0 Å². The first-order valence-electron chi connectivity index (χ1n) is 14.1. The van der Waals surface area contributed by atoms with Crippen molar-refractivity contribution < 1.29 is 18.4 Å². The van der Waals surface area contributed by atoms with Gasteiger partial charge in [0.25, 0.3) is 11.4 Å². The van der Waals surface area contributed by atoms with Crippen molar-refractivity contribution in [2.45, 2.75) is 44.7 Å². The van der Waals surface area contributed by atoms with Gasteiger partial charge in [-0.2, -0.15) is 15.2 Å². The molecule has 1 saturated carbocycles. The highest BCUT2D eigenvalue weighted by atomic mass is 19.1. The molecule has 11 heteroatoms. The molecule has 1 atom stereocenters. The van der Waals surface area contributed by atoms with Crippen LogP contribution < -0.4 is 10.3 Å². The standard InChI is InChI=1S/C32H27FN6O4/c1-19-2-12-27(36-35-19)20-5-10-26(11-6-20)42-28-14-21(3-4-22(28)16-38-18-24(33)7-13-29(38)40)32-34-31(37-43-32)23-15-30(41)39(17-23)25-8-9-25/h2-7,10-14,18,23,25H,8-9,15-17H2,1H3. The van der Waals surface area contributed by atoms with Crippen molar-refractivity contribution in [2.75, 3.05) is 6.54 Å². The molecule has 0 N–H and O–H groups in total. The van der Waals surface area contributed by atoms with Gasteiger partial charge in [0.05, 0.1) is 17.9 Å². The van der Waals surface area contributed by atoms with Gasteiger partial charge in [-0.25, -0.2) is 4.39 Å². The van der Waals surface area contributed by atoms with Crippen molar-refractivity contribution in [3.8, 4) is 34.2 Å². The minimum absolute atomic E-state index is 0.0829. The van der Waals surface area contributed by atoms with Crippen LogP contribution in [0.1, 0.15) is 42.3 Å². The molecular weight excluding hydrogens is 551 g/mol. The first-order chi connectivity index (χ1) is 20.9. The molecule has 10 nitrogen and oxygen atoms in total. The van der Waals surface area contributed by atoms with Crippen LogP contribution in [-0.4, -0.2) is 48.3 Å². The number of aromatic nitrogens is 5. The fourth-order valence-corrected chi connectivity index (χ4v) is 5.26. The molecule has 0 radical (unpaired) electrons. The monoisotopic (exact) mass is 578 g/mol. The molecule has 0 bridgehead atoms. The van der Waals surface area contributed by atoms with Crippen LogP contribution in [0.4, 0.5) is 4.39 Å². The Labute approximate surface area is 245 Å². The summed E-state index contributed by atoms with van der Waals surface area (Å²) in [6, 6.07) is 19.2. The lowest BCUT2D eigenvalue weighted by Crippen LogP contribution is -2.27. The van der Waals surface area contributed by atoms with Crippen molar-refractivity contribution >= 4 is 5.91 Å². The number of carbonyl (C=O) groups excluding carboxylic acids is 1. The third-order valence-electron chi connectivity index (χ3n) is 7.73. The number of rotatable bonds is 8. The minimum Gasteiger partial charge on any atom is -0.457 e. The topological polar surface area (TPSA) is 116 Å². The molecule has 216 valence electrons. The highest BCUT2D eigenvalue weighted by Crippen LogP contribution is 2.37. The van der Waals surface area contributed by atoms with Gasteiger partial charge in [-0.3, -0.25) is 9.59 Å². The largest absolute Gasteiger partial charge is 0.457 e. The SMILES string of the molecule is Cc1ccc(-c2ccc(Oc3cc(-c4nc(C5CC(=O)N(C6CC6)C5)no4)ccc3Cn3cc(F)ccc3=O)cc2)nn1. The second-order valence-corrected chi connectivity index (χ2v) is 11.0. The van der Waals surface area contributed by atoms with E-state index in [4.69, 9.17) is 9.26 Å². The molecule has 7 rings (SSSR count). The van der Waals surface area contributed by atoms with Crippen molar-refractivity contribution in [2.24, 2.45) is 0 Å². The number of benzene rings is 2. The third kappa shape index (κ3) is 5.66. The molecule has 5 aromatic rings. The Morgan fingerprint density at radius 2 is 1.79 bits per heavy atom. The lowest BCUT2D eigenvalue weighted by molar-refractivity contribution is -0.128. The van der Waals surface area contributed by atoms with E-state index in [1.807, 2.05) is 48.2 Å². The van der Waals surface area contributed by atoms with Gasteiger partial charge in [0, 0.05) is 53.9 Å². The molecule has 2 aromatic carbocycles. The minimum atomic E-state index is -0.516. The summed E-state index contributed by atoms with van der Waals surface area (Å²) in [6.45, 7) is 2.56. The van der Waals surface area contributed by atoms with E-state index >= 15 is 0 Å². The predicted molar refractivity (Wildman–Crippen MR) is 154 cm³/mol. The maximum Gasteiger partial charge on any atom is 0.258 e. The van der Waals surface area contributed by atoms with Crippen LogP contribution in [0, 0.1) is 12.7 Å². The summed E-state index contributed by atoms with van der Waals surface area (Å²) in [5.41, 5.74) is 3.36. The lowest BCUT2D eigenvalue weighted by atomic mass is 10.1. The smallest absolute Gasteiger partial charge is 0.258 e. The number of aryl methyl sites for hydroxylation is 1. The summed E-state index contributed by atoms with van der Waals surface area (Å²) in [5.74, 6) is 1.28. The number of nitrogens with zero attached hydrogens (tertiary/aromatic N) is 6. The number of likely N-dealkylation sites (tertiary alicyclic amines) is 1. The number of pyridine rings is 1. The lowest BCUT2D eigenvalue weighted by Gasteiger charge is -2.14. The Morgan fingerprint density at radius 3 is 2.56 bits per heavy atom. The van der Waals surface area contributed by atoms with Crippen LogP contribution in [0.5, 0.6) is 11.5 Å². The zero-order chi connectivity index (χ0) is 29.5. The summed E-state index contributed by atoms with van der Waals surface area (Å²) >= 11 is 0. The molecule has 3 aromatic heterocycles. The number of carbonyl (C=O) groups is 1. The summed E-state index contributed by atoms with van der Waals surface area (Å²) < 4.78 is 27.2. The van der Waals surface area contributed by atoms with Gasteiger partial charge in [0.2, 0.25) is 5.91 Å². The summed E-state index contributed by atoms with van der Waals surface area (Å²) in [5, 5.41) is 12.5. The van der Waals surface area contributed by atoms with Crippen LogP contribution in [0.15, 0.2) is 82.2 Å². The van der Waals surface area contributed by atoms with Crippen molar-refractivity contribution in [1.82, 2.24) is 29.8 Å². The molecule has 1 aliphatic heterocycles. The molecule has 43 heavy (non-hydrogen) atoms. The van der Waals surface area contributed by atoms with Gasteiger partial charge in [0.15, 0.2) is 5.82 Å². The number of hydrogen-bond donors (Lipinski definition) is 0. The zero-order valence-corrected chi connectivity index (χ0v) is 23.3. The van der Waals surface area contributed by atoms with Crippen molar-refractivity contribution in [3.63, 3.8) is 0 Å². The van der Waals surface area contributed by atoms with Gasteiger partial charge in [-0.05, 0) is 74.4 Å². The molecule has 1 aliphatic carbocycles. The molecule has 2 fully saturated rings. The van der Waals surface area contributed by atoms with E-state index in [0.29, 0.717) is 53.3 Å². The van der Waals surface area contributed by atoms with Gasteiger partial charge >= 0.3 is 0 Å². The van der Waals surface area contributed by atoms with E-state index in [2.05, 4.69) is 20.3 Å². The third-order valence-corrected chi connectivity index (χ3v) is 7.73. The molecule has 1 saturated heterocycles. The molecule has 1 amide bonds. The average molecular weight is 579 g/mol. The van der Waals surface area contributed by atoms with Crippen LogP contribution in [-0.2, 0) is 11.3 Å². The Kier molecular flexibility index (Phi) is 6.77. The first kappa shape index (κ1) is 26.7. The second kappa shape index (κ2) is 10.9. The van der Waals surface area contributed by atoms with Crippen molar-refractivity contribution in [3.05, 3.63) is 106 Å². The highest BCUT2D eigenvalue weighted by molar-refractivity contribution is 5.80. The molecule has 0 spiro atoms. The zero-order valence-electron chi connectivity index (χ0n) is 23.3. The quantitative estimate of drug-likeness (QED) is 0.249. The van der Waals surface area contributed by atoms with E-state index < -0.39 is 5.82 Å². The number of hydrogen-bond acceptors (Lipinski definition) is 8. The van der Waals surface area contributed by atoms with E-state index in [9.17, 15) is 14.0 Å². The molecular formula is C32H27FN6O4. The molecule has 4 heterocycles. The first-order valence-corrected chi connectivity index (χ1v) is 14.1. The number of ether oxygens (including phenoxy) is 1. The molecule has 1 unspecified atom stereocenters. The van der Waals surface area contributed by atoms with Crippen LogP contribution in [0.2, 0.25) is 0 Å². The summed E-state index contributed by atoms with van der Waals surface area (Å²) in [7, 11) is 0. The van der Waals surface area contributed by atoms with Crippen molar-refractivity contribution in [1.29, 1.82) is 0 Å². The maximum atomic E-state index is 14.0. The summed E-state index contributed by atoms with van der Waals surface area (Å²) in [6.07, 6.45) is 3.63. The normalized spacial score (nSPS) is 16.6. The van der Waals surface area contributed by atoms with Crippen LogP contribution >= 0.6 is 0 Å². The maximum absolute atomic E-state index is 14.0. The van der Waals surface area contributed by atoms with Gasteiger partial charge in [-0.1, -0.05) is 11.2 Å².